The zero-order valence-electron chi connectivity index (χ0n) is 15.7. The number of aryl methyl sites for hydroxylation is 1. The molecule has 2 heterocycles. The molecule has 8 nitrogen and oxygen atoms in total. The smallest absolute Gasteiger partial charge is 0.409 e. The lowest BCUT2D eigenvalue weighted by Gasteiger charge is -2.31. The molecular formula is C19H26N6O2. The number of nitrogens with zero attached hydrogens (tertiary/aromatic N) is 5. The lowest BCUT2D eigenvalue weighted by molar-refractivity contribution is 0.0910. The first-order chi connectivity index (χ1) is 13.3. The minimum absolute atomic E-state index is 0.221. The fraction of sp³-hybridized carbons (Fsp3) is 0.579. The standard InChI is InChI=1S/C19H26N6O2/c1-2-27-19(26)24-11-9-15(10-12-24)25-18(21-22-23-25)13-20-17-8-7-14-5-3-4-6-16(14)17/h3-6,15,17,20H,2,7-13H2,1H3. The van der Waals surface area contributed by atoms with Crippen molar-refractivity contribution in [2.45, 2.75) is 51.2 Å². The Hall–Kier alpha value is -2.48. The van der Waals surface area contributed by atoms with Gasteiger partial charge in [0.2, 0.25) is 0 Å². The molecule has 2 aromatic rings. The molecule has 1 atom stereocenters. The Morgan fingerprint density at radius 2 is 2.07 bits per heavy atom. The molecule has 1 fully saturated rings. The number of tetrazole rings is 1. The normalized spacial score (nSPS) is 19.9. The highest BCUT2D eigenvalue weighted by Crippen LogP contribution is 2.31. The molecule has 4 rings (SSSR count). The van der Waals surface area contributed by atoms with E-state index in [-0.39, 0.29) is 12.1 Å². The Balaban J connectivity index is 1.35. The molecule has 1 aliphatic carbocycles. The van der Waals surface area contributed by atoms with E-state index in [2.05, 4.69) is 45.1 Å². The lowest BCUT2D eigenvalue weighted by Crippen LogP contribution is -2.40. The summed E-state index contributed by atoms with van der Waals surface area (Å²) in [6.07, 6.45) is 3.67. The fourth-order valence-corrected chi connectivity index (χ4v) is 4.10. The highest BCUT2D eigenvalue weighted by molar-refractivity contribution is 5.67. The quantitative estimate of drug-likeness (QED) is 0.869. The van der Waals surface area contributed by atoms with E-state index in [9.17, 15) is 4.79 Å². The van der Waals surface area contributed by atoms with E-state index in [1.807, 2.05) is 11.6 Å². The summed E-state index contributed by atoms with van der Waals surface area (Å²) in [6.45, 7) is 4.22. The van der Waals surface area contributed by atoms with Crippen molar-refractivity contribution >= 4 is 6.09 Å². The number of nitrogens with one attached hydrogen (secondary N) is 1. The number of carbonyl (C=O) groups is 1. The maximum Gasteiger partial charge on any atom is 0.409 e. The number of aromatic nitrogens is 4. The number of hydrogen-bond acceptors (Lipinski definition) is 6. The van der Waals surface area contributed by atoms with Crippen LogP contribution in [0.4, 0.5) is 4.79 Å². The second-order valence-electron chi connectivity index (χ2n) is 7.13. The molecule has 0 spiro atoms. The fourth-order valence-electron chi connectivity index (χ4n) is 4.10. The molecule has 0 saturated carbocycles. The topological polar surface area (TPSA) is 85.2 Å². The Morgan fingerprint density at radius 1 is 1.26 bits per heavy atom. The van der Waals surface area contributed by atoms with Crippen LogP contribution in [0.3, 0.4) is 0 Å². The van der Waals surface area contributed by atoms with E-state index >= 15 is 0 Å². The largest absolute Gasteiger partial charge is 0.450 e. The third kappa shape index (κ3) is 3.80. The second-order valence-corrected chi connectivity index (χ2v) is 7.13. The maximum atomic E-state index is 11.9. The van der Waals surface area contributed by atoms with Gasteiger partial charge in [-0.1, -0.05) is 24.3 Å². The van der Waals surface area contributed by atoms with Gasteiger partial charge >= 0.3 is 6.09 Å². The maximum absolute atomic E-state index is 11.9. The van der Waals surface area contributed by atoms with Gasteiger partial charge in [-0.25, -0.2) is 9.48 Å². The van der Waals surface area contributed by atoms with Crippen molar-refractivity contribution in [1.82, 2.24) is 30.4 Å². The average Bonchev–Trinajstić information content (AvgIpc) is 3.33. The zero-order valence-corrected chi connectivity index (χ0v) is 15.7. The van der Waals surface area contributed by atoms with Crippen LogP contribution in [-0.4, -0.2) is 50.9 Å². The first-order valence-electron chi connectivity index (χ1n) is 9.76. The van der Waals surface area contributed by atoms with Crippen molar-refractivity contribution < 1.29 is 9.53 Å². The van der Waals surface area contributed by atoms with Crippen molar-refractivity contribution in [1.29, 1.82) is 0 Å². The van der Waals surface area contributed by atoms with Crippen LogP contribution in [-0.2, 0) is 17.7 Å². The highest BCUT2D eigenvalue weighted by Gasteiger charge is 2.27. The Kier molecular flexibility index (Phi) is 5.33. The van der Waals surface area contributed by atoms with Gasteiger partial charge in [-0.3, -0.25) is 0 Å². The van der Waals surface area contributed by atoms with Crippen molar-refractivity contribution in [2.24, 2.45) is 0 Å². The Labute approximate surface area is 158 Å². The van der Waals surface area contributed by atoms with E-state index in [1.165, 1.54) is 11.1 Å². The van der Waals surface area contributed by atoms with Crippen molar-refractivity contribution in [3.05, 3.63) is 41.2 Å². The Bertz CT molecular complexity index is 784. The molecule has 27 heavy (non-hydrogen) atoms. The lowest BCUT2D eigenvalue weighted by atomic mass is 10.1. The number of hydrogen-bond donors (Lipinski definition) is 1. The van der Waals surface area contributed by atoms with Crippen LogP contribution < -0.4 is 5.32 Å². The third-order valence-electron chi connectivity index (χ3n) is 5.54. The second kappa shape index (κ2) is 8.04. The number of carbonyl (C=O) groups excluding carboxylic acids is 1. The Morgan fingerprint density at radius 3 is 2.89 bits per heavy atom. The number of ether oxygens (including phenoxy) is 1. The summed E-state index contributed by atoms with van der Waals surface area (Å²) < 4.78 is 7.01. The van der Waals surface area contributed by atoms with Crippen LogP contribution in [0.2, 0.25) is 0 Å². The predicted octanol–water partition coefficient (Wildman–Crippen LogP) is 2.24. The van der Waals surface area contributed by atoms with Gasteiger partial charge in [0.05, 0.1) is 19.2 Å². The molecule has 2 aliphatic rings. The predicted molar refractivity (Wildman–Crippen MR) is 99.0 cm³/mol. The molecule has 1 aromatic carbocycles. The number of rotatable bonds is 5. The van der Waals surface area contributed by atoms with Crippen LogP contribution in [0, 0.1) is 0 Å². The number of fused-ring (bicyclic) bond motifs is 1. The minimum Gasteiger partial charge on any atom is -0.450 e. The summed E-state index contributed by atoms with van der Waals surface area (Å²) in [4.78, 5) is 13.6. The van der Waals surface area contributed by atoms with Crippen LogP contribution in [0.15, 0.2) is 24.3 Å². The van der Waals surface area contributed by atoms with E-state index in [1.54, 1.807) is 4.90 Å². The summed E-state index contributed by atoms with van der Waals surface area (Å²) in [5, 5.41) is 15.9. The van der Waals surface area contributed by atoms with Gasteiger partial charge in [0.1, 0.15) is 0 Å². The van der Waals surface area contributed by atoms with E-state index in [0.29, 0.717) is 32.3 Å². The molecule has 8 heteroatoms. The van der Waals surface area contributed by atoms with Gasteiger partial charge < -0.3 is 15.0 Å². The van der Waals surface area contributed by atoms with Crippen molar-refractivity contribution in [3.8, 4) is 0 Å². The molecule has 1 N–H and O–H groups in total. The average molecular weight is 370 g/mol. The summed E-state index contributed by atoms with van der Waals surface area (Å²) in [5.74, 6) is 0.856. The monoisotopic (exact) mass is 370 g/mol. The zero-order chi connectivity index (χ0) is 18.6. The molecule has 1 aliphatic heterocycles. The summed E-state index contributed by atoms with van der Waals surface area (Å²) in [7, 11) is 0. The van der Waals surface area contributed by atoms with Gasteiger partial charge in [0, 0.05) is 19.1 Å². The number of piperidine rings is 1. The van der Waals surface area contributed by atoms with Crippen LogP contribution in [0.1, 0.15) is 55.2 Å². The van der Waals surface area contributed by atoms with Gasteiger partial charge in [-0.05, 0) is 54.2 Å². The SMILES string of the molecule is CCOC(=O)N1CCC(n2nnnc2CNC2CCc3ccccc32)CC1. The van der Waals surface area contributed by atoms with Crippen LogP contribution >= 0.6 is 0 Å². The molecular weight excluding hydrogens is 344 g/mol. The molecule has 1 aromatic heterocycles. The number of amides is 1. The van der Waals surface area contributed by atoms with Crippen LogP contribution in [0.25, 0.3) is 0 Å². The highest BCUT2D eigenvalue weighted by atomic mass is 16.6. The van der Waals surface area contributed by atoms with Crippen molar-refractivity contribution in [3.63, 3.8) is 0 Å². The molecule has 1 saturated heterocycles. The molecule has 1 unspecified atom stereocenters. The van der Waals surface area contributed by atoms with E-state index < -0.39 is 0 Å². The van der Waals surface area contributed by atoms with Crippen molar-refractivity contribution in [2.75, 3.05) is 19.7 Å². The van der Waals surface area contributed by atoms with E-state index in [0.717, 1.165) is 31.5 Å². The number of likely N-dealkylation sites (tertiary alicyclic amines) is 1. The summed E-state index contributed by atoms with van der Waals surface area (Å²) in [5.41, 5.74) is 2.82. The van der Waals surface area contributed by atoms with Gasteiger partial charge in [0.25, 0.3) is 0 Å². The van der Waals surface area contributed by atoms with E-state index in [4.69, 9.17) is 4.74 Å². The number of benzene rings is 1. The minimum atomic E-state index is -0.227. The summed E-state index contributed by atoms with van der Waals surface area (Å²) in [6, 6.07) is 9.19. The molecule has 144 valence electrons. The van der Waals surface area contributed by atoms with Crippen LogP contribution in [0.5, 0.6) is 0 Å². The van der Waals surface area contributed by atoms with Gasteiger partial charge in [0.15, 0.2) is 5.82 Å². The van der Waals surface area contributed by atoms with Gasteiger partial charge in [-0.2, -0.15) is 0 Å². The molecule has 1 amide bonds. The first-order valence-corrected chi connectivity index (χ1v) is 9.76. The summed E-state index contributed by atoms with van der Waals surface area (Å²) >= 11 is 0. The third-order valence-corrected chi connectivity index (χ3v) is 5.54. The molecule has 0 radical (unpaired) electrons. The van der Waals surface area contributed by atoms with Gasteiger partial charge in [-0.15, -0.1) is 5.10 Å². The first kappa shape index (κ1) is 17.9. The molecule has 0 bridgehead atoms.